The molecule has 1 saturated heterocycles. The van der Waals surface area contributed by atoms with Crippen LogP contribution in [0.3, 0.4) is 0 Å². The number of hydrogen-bond donors (Lipinski definition) is 0. The molecule has 2 aromatic heterocycles. The average Bonchev–Trinajstić information content (AvgIpc) is 2.64. The van der Waals surface area contributed by atoms with Gasteiger partial charge in [-0.25, -0.2) is 14.6 Å². The normalized spacial score (nSPS) is 19.3. The Morgan fingerprint density at radius 1 is 1.03 bits per heavy atom. The van der Waals surface area contributed by atoms with Crippen molar-refractivity contribution < 1.29 is 0 Å². The van der Waals surface area contributed by atoms with Crippen LogP contribution in [0, 0.1) is 5.92 Å². The van der Waals surface area contributed by atoms with Gasteiger partial charge >= 0.3 is 0 Å². The highest BCUT2D eigenvalue weighted by Crippen LogP contribution is 2.34. The Hall–Kier alpha value is -2.08. The lowest BCUT2D eigenvalue weighted by Crippen LogP contribution is -2.37. The van der Waals surface area contributed by atoms with Crippen molar-refractivity contribution in [2.45, 2.75) is 77.3 Å². The molecule has 0 unspecified atom stereocenters. The van der Waals surface area contributed by atoms with E-state index in [1.165, 1.54) is 24.8 Å². The summed E-state index contributed by atoms with van der Waals surface area (Å²) in [4.78, 5) is 23.9. The van der Waals surface area contributed by atoms with Crippen LogP contribution >= 0.6 is 0 Å². The fraction of sp³-hybridized carbons (Fsp3) is 0.652. The van der Waals surface area contributed by atoms with E-state index < -0.39 is 0 Å². The largest absolute Gasteiger partial charge is 0.299 e. The number of piperidine rings is 1. The first-order valence-corrected chi connectivity index (χ1v) is 11.0. The Kier molecular flexibility index (Phi) is 5.81. The van der Waals surface area contributed by atoms with Crippen molar-refractivity contribution >= 4 is 0 Å². The molecule has 0 bridgehead atoms. The first kappa shape index (κ1) is 20.2. The van der Waals surface area contributed by atoms with Crippen molar-refractivity contribution in [2.24, 2.45) is 5.92 Å². The first-order valence-electron chi connectivity index (χ1n) is 11.0. The molecule has 0 radical (unpaired) electrons. The van der Waals surface area contributed by atoms with Crippen LogP contribution in [0.1, 0.15) is 75.9 Å². The van der Waals surface area contributed by atoms with E-state index in [1.807, 2.05) is 18.5 Å². The Balaban J connectivity index is 1.30. The fourth-order valence-electron chi connectivity index (χ4n) is 4.13. The third kappa shape index (κ3) is 4.92. The van der Waals surface area contributed by atoms with Crippen molar-refractivity contribution in [1.82, 2.24) is 24.6 Å². The Morgan fingerprint density at radius 2 is 1.72 bits per heavy atom. The molecule has 2 aromatic rings. The third-order valence-electron chi connectivity index (χ3n) is 6.38. The molecule has 1 aliphatic carbocycles. The second kappa shape index (κ2) is 8.34. The van der Waals surface area contributed by atoms with Crippen LogP contribution in [0.25, 0.3) is 0 Å². The smallest absolute Gasteiger partial charge is 0.266 e. The molecule has 1 aliphatic heterocycles. The molecule has 0 amide bonds. The topological polar surface area (TPSA) is 63.9 Å². The van der Waals surface area contributed by atoms with Gasteiger partial charge in [0.2, 0.25) is 0 Å². The second-order valence-electron chi connectivity index (χ2n) is 9.79. The van der Waals surface area contributed by atoms with E-state index in [0.29, 0.717) is 11.8 Å². The number of rotatable bonds is 5. The van der Waals surface area contributed by atoms with Crippen LogP contribution in [-0.4, -0.2) is 37.7 Å². The Morgan fingerprint density at radius 3 is 2.31 bits per heavy atom. The highest BCUT2D eigenvalue weighted by atomic mass is 16.1. The van der Waals surface area contributed by atoms with Gasteiger partial charge < -0.3 is 0 Å². The summed E-state index contributed by atoms with van der Waals surface area (Å²) in [6.07, 6.45) is 9.99. The maximum atomic E-state index is 12.3. The quantitative estimate of drug-likeness (QED) is 0.775. The molecule has 6 heteroatoms. The average molecular weight is 396 g/mol. The van der Waals surface area contributed by atoms with E-state index in [-0.39, 0.29) is 11.0 Å². The molecular weight excluding hydrogens is 362 g/mol. The standard InChI is InChI=1S/C23H33N5O/c1-23(2,3)20-7-8-21(29)28(26-20)16-17-9-11-27(12-10-17)15-18-13-24-22(25-14-18)19-5-4-6-19/h7-8,13-14,17,19H,4-6,9-12,15-16H2,1-3H3. The number of aromatic nitrogens is 4. The summed E-state index contributed by atoms with van der Waals surface area (Å²) in [5.41, 5.74) is 2.13. The molecule has 29 heavy (non-hydrogen) atoms. The molecular formula is C23H33N5O. The zero-order chi connectivity index (χ0) is 20.4. The van der Waals surface area contributed by atoms with E-state index in [2.05, 4.69) is 40.7 Å². The van der Waals surface area contributed by atoms with Crippen molar-refractivity contribution in [3.63, 3.8) is 0 Å². The lowest BCUT2D eigenvalue weighted by molar-refractivity contribution is 0.162. The van der Waals surface area contributed by atoms with Crippen molar-refractivity contribution in [2.75, 3.05) is 13.1 Å². The van der Waals surface area contributed by atoms with Gasteiger partial charge in [0.05, 0.1) is 5.69 Å². The van der Waals surface area contributed by atoms with Crippen LogP contribution < -0.4 is 5.56 Å². The lowest BCUT2D eigenvalue weighted by Gasteiger charge is -2.32. The van der Waals surface area contributed by atoms with E-state index >= 15 is 0 Å². The highest BCUT2D eigenvalue weighted by Gasteiger charge is 2.24. The molecule has 6 nitrogen and oxygen atoms in total. The van der Waals surface area contributed by atoms with Gasteiger partial charge in [-0.3, -0.25) is 9.69 Å². The summed E-state index contributed by atoms with van der Waals surface area (Å²) in [7, 11) is 0. The van der Waals surface area contributed by atoms with Gasteiger partial charge in [-0.05, 0) is 50.8 Å². The summed E-state index contributed by atoms with van der Waals surface area (Å²) >= 11 is 0. The van der Waals surface area contributed by atoms with Crippen molar-refractivity contribution in [3.8, 4) is 0 Å². The molecule has 0 atom stereocenters. The zero-order valence-corrected chi connectivity index (χ0v) is 18.0. The van der Waals surface area contributed by atoms with Crippen LogP contribution in [0.15, 0.2) is 29.3 Å². The minimum Gasteiger partial charge on any atom is -0.299 e. The molecule has 3 heterocycles. The molecule has 0 spiro atoms. The second-order valence-corrected chi connectivity index (χ2v) is 9.79. The maximum absolute atomic E-state index is 12.3. The number of hydrogen-bond acceptors (Lipinski definition) is 5. The maximum Gasteiger partial charge on any atom is 0.266 e. The molecule has 1 saturated carbocycles. The molecule has 0 N–H and O–H groups in total. The minimum absolute atomic E-state index is 0.00382. The lowest BCUT2D eigenvalue weighted by atomic mass is 9.85. The molecule has 2 aliphatic rings. The highest BCUT2D eigenvalue weighted by molar-refractivity contribution is 5.11. The Labute approximate surface area is 173 Å². The van der Waals surface area contributed by atoms with E-state index in [0.717, 1.165) is 50.5 Å². The van der Waals surface area contributed by atoms with Gasteiger partial charge in [-0.1, -0.05) is 27.2 Å². The van der Waals surface area contributed by atoms with Crippen molar-refractivity contribution in [1.29, 1.82) is 0 Å². The predicted octanol–water partition coefficient (Wildman–Crippen LogP) is 3.51. The van der Waals surface area contributed by atoms with E-state index in [4.69, 9.17) is 0 Å². The number of likely N-dealkylation sites (tertiary alicyclic amines) is 1. The molecule has 0 aromatic carbocycles. The van der Waals surface area contributed by atoms with E-state index in [1.54, 1.807) is 10.7 Å². The van der Waals surface area contributed by atoms with Crippen LogP contribution in [-0.2, 0) is 18.5 Å². The molecule has 2 fully saturated rings. The third-order valence-corrected chi connectivity index (χ3v) is 6.38. The summed E-state index contributed by atoms with van der Waals surface area (Å²) < 4.78 is 1.67. The van der Waals surface area contributed by atoms with Gasteiger partial charge in [0.1, 0.15) is 5.82 Å². The van der Waals surface area contributed by atoms with Crippen LogP contribution in [0.2, 0.25) is 0 Å². The summed E-state index contributed by atoms with van der Waals surface area (Å²) in [6.45, 7) is 10.1. The zero-order valence-electron chi connectivity index (χ0n) is 18.0. The van der Waals surface area contributed by atoms with Gasteiger partial charge in [0.15, 0.2) is 0 Å². The van der Waals surface area contributed by atoms with Crippen LogP contribution in [0.4, 0.5) is 0 Å². The summed E-state index contributed by atoms with van der Waals surface area (Å²) in [5, 5.41) is 4.63. The van der Waals surface area contributed by atoms with Gasteiger partial charge in [-0.2, -0.15) is 5.10 Å². The SMILES string of the molecule is CC(C)(C)c1ccc(=O)n(CC2CCN(Cc3cnc(C4CCC4)nc3)CC2)n1. The monoisotopic (exact) mass is 395 g/mol. The van der Waals surface area contributed by atoms with Crippen molar-refractivity contribution in [3.05, 3.63) is 52.0 Å². The Bertz CT molecular complexity index is 871. The molecule has 156 valence electrons. The van der Waals surface area contributed by atoms with Gasteiger partial charge in [-0.15, -0.1) is 0 Å². The minimum atomic E-state index is -0.0466. The summed E-state index contributed by atoms with van der Waals surface area (Å²) in [5.74, 6) is 2.12. The van der Waals surface area contributed by atoms with E-state index in [9.17, 15) is 4.79 Å². The fourth-order valence-corrected chi connectivity index (χ4v) is 4.13. The predicted molar refractivity (Wildman–Crippen MR) is 114 cm³/mol. The number of nitrogens with zero attached hydrogens (tertiary/aromatic N) is 5. The van der Waals surface area contributed by atoms with Gasteiger partial charge in [0, 0.05) is 48.4 Å². The van der Waals surface area contributed by atoms with Crippen LogP contribution in [0.5, 0.6) is 0 Å². The van der Waals surface area contributed by atoms with Gasteiger partial charge in [0.25, 0.3) is 5.56 Å². The first-order chi connectivity index (χ1) is 13.9. The summed E-state index contributed by atoms with van der Waals surface area (Å²) in [6, 6.07) is 3.52. The molecule has 4 rings (SSSR count).